The van der Waals surface area contributed by atoms with Gasteiger partial charge in [-0.15, -0.1) is 0 Å². The molecule has 1 heterocycles. The highest BCUT2D eigenvalue weighted by Crippen LogP contribution is 2.36. The minimum absolute atomic E-state index is 0.00915. The summed E-state index contributed by atoms with van der Waals surface area (Å²) in [5.41, 5.74) is 8.00. The Labute approximate surface area is 106 Å². The van der Waals surface area contributed by atoms with Crippen molar-refractivity contribution in [1.82, 2.24) is 10.3 Å². The fraction of sp³-hybridized carbons (Fsp3) is 0.357. The number of carbonyl (C=O) groups excluding carboxylic acids is 1. The fourth-order valence-electron chi connectivity index (χ4n) is 2.33. The van der Waals surface area contributed by atoms with E-state index in [-0.39, 0.29) is 5.91 Å². The van der Waals surface area contributed by atoms with Gasteiger partial charge in [0.2, 0.25) is 0 Å². The van der Waals surface area contributed by atoms with Gasteiger partial charge in [0, 0.05) is 29.3 Å². The molecule has 0 spiro atoms. The monoisotopic (exact) mass is 243 g/mol. The summed E-state index contributed by atoms with van der Waals surface area (Å²) >= 11 is 0. The Hall–Kier alpha value is -1.97. The number of nitrogens with one attached hydrogen (secondary N) is 2. The summed E-state index contributed by atoms with van der Waals surface area (Å²) in [6, 6.07) is 5.54. The van der Waals surface area contributed by atoms with Crippen LogP contribution in [0.2, 0.25) is 0 Å². The van der Waals surface area contributed by atoms with Gasteiger partial charge < -0.3 is 16.0 Å². The van der Waals surface area contributed by atoms with Crippen molar-refractivity contribution in [3.8, 4) is 0 Å². The van der Waals surface area contributed by atoms with E-state index in [0.717, 1.165) is 23.4 Å². The zero-order valence-electron chi connectivity index (χ0n) is 10.4. The van der Waals surface area contributed by atoms with E-state index in [4.69, 9.17) is 5.73 Å². The number of amides is 1. The Morgan fingerprint density at radius 2 is 2.33 bits per heavy atom. The van der Waals surface area contributed by atoms with Crippen LogP contribution in [0, 0.1) is 11.8 Å². The first-order valence-electron chi connectivity index (χ1n) is 6.30. The lowest BCUT2D eigenvalue weighted by Gasteiger charge is -2.03. The summed E-state index contributed by atoms with van der Waals surface area (Å²) in [6.07, 6.45) is 2.97. The number of anilines is 1. The average Bonchev–Trinajstić information content (AvgIpc) is 2.88. The summed E-state index contributed by atoms with van der Waals surface area (Å²) in [6.45, 7) is 2.99. The van der Waals surface area contributed by atoms with Crippen LogP contribution in [0.15, 0.2) is 24.4 Å². The topological polar surface area (TPSA) is 70.9 Å². The summed E-state index contributed by atoms with van der Waals surface area (Å²) in [5.74, 6) is 1.41. The van der Waals surface area contributed by atoms with Crippen molar-refractivity contribution in [3.63, 3.8) is 0 Å². The lowest BCUT2D eigenvalue weighted by molar-refractivity contribution is 0.0953. The highest BCUT2D eigenvalue weighted by molar-refractivity contribution is 6.07. The molecule has 1 amide bonds. The second-order valence-corrected chi connectivity index (χ2v) is 5.19. The molecule has 1 aromatic carbocycles. The van der Waals surface area contributed by atoms with Crippen molar-refractivity contribution in [2.45, 2.75) is 13.3 Å². The summed E-state index contributed by atoms with van der Waals surface area (Å²) < 4.78 is 0. The second-order valence-electron chi connectivity index (χ2n) is 5.19. The minimum Gasteiger partial charge on any atom is -0.399 e. The number of H-pyrrole nitrogens is 1. The maximum atomic E-state index is 12.1. The third-order valence-corrected chi connectivity index (χ3v) is 3.75. The third-order valence-electron chi connectivity index (χ3n) is 3.75. The molecule has 1 aromatic heterocycles. The van der Waals surface area contributed by atoms with Crippen LogP contribution >= 0.6 is 0 Å². The molecule has 4 N–H and O–H groups in total. The highest BCUT2D eigenvalue weighted by atomic mass is 16.1. The van der Waals surface area contributed by atoms with Crippen LogP contribution in [0.3, 0.4) is 0 Å². The van der Waals surface area contributed by atoms with Crippen molar-refractivity contribution in [2.24, 2.45) is 11.8 Å². The molecule has 18 heavy (non-hydrogen) atoms. The average molecular weight is 243 g/mol. The van der Waals surface area contributed by atoms with Crippen LogP contribution in [-0.2, 0) is 0 Å². The molecular weight excluding hydrogens is 226 g/mol. The van der Waals surface area contributed by atoms with Crippen molar-refractivity contribution >= 4 is 22.5 Å². The minimum atomic E-state index is -0.00915. The van der Waals surface area contributed by atoms with Crippen LogP contribution in [0.4, 0.5) is 5.69 Å². The van der Waals surface area contributed by atoms with E-state index in [2.05, 4.69) is 17.2 Å². The van der Waals surface area contributed by atoms with Crippen molar-refractivity contribution < 1.29 is 4.79 Å². The Kier molecular flexibility index (Phi) is 2.51. The number of nitrogen functional groups attached to an aromatic ring is 1. The van der Waals surface area contributed by atoms with Gasteiger partial charge in [0.05, 0.1) is 5.56 Å². The molecule has 2 unspecified atom stereocenters. The van der Waals surface area contributed by atoms with Crippen molar-refractivity contribution in [1.29, 1.82) is 0 Å². The van der Waals surface area contributed by atoms with Gasteiger partial charge in [0.25, 0.3) is 5.91 Å². The quantitative estimate of drug-likeness (QED) is 0.723. The maximum absolute atomic E-state index is 12.1. The van der Waals surface area contributed by atoms with E-state index >= 15 is 0 Å². The molecule has 1 aliphatic carbocycles. The number of aromatic amines is 1. The number of hydrogen-bond acceptors (Lipinski definition) is 2. The molecule has 2 aromatic rings. The second kappa shape index (κ2) is 4.05. The van der Waals surface area contributed by atoms with E-state index in [1.54, 1.807) is 6.20 Å². The van der Waals surface area contributed by atoms with Crippen LogP contribution in [0.5, 0.6) is 0 Å². The summed E-state index contributed by atoms with van der Waals surface area (Å²) in [4.78, 5) is 15.2. The Balaban J connectivity index is 1.78. The first-order chi connectivity index (χ1) is 8.65. The zero-order chi connectivity index (χ0) is 12.7. The Bertz CT molecular complexity index is 602. The summed E-state index contributed by atoms with van der Waals surface area (Å²) in [5, 5.41) is 3.92. The van der Waals surface area contributed by atoms with Crippen molar-refractivity contribution in [3.05, 3.63) is 30.0 Å². The molecule has 1 aliphatic rings. The van der Waals surface area contributed by atoms with Gasteiger partial charge in [0.1, 0.15) is 0 Å². The van der Waals surface area contributed by atoms with Gasteiger partial charge >= 0.3 is 0 Å². The number of fused-ring (bicyclic) bond motifs is 1. The third kappa shape index (κ3) is 1.94. The predicted octanol–water partition coefficient (Wildman–Crippen LogP) is 2.14. The molecule has 0 saturated heterocycles. The van der Waals surface area contributed by atoms with Gasteiger partial charge in [-0.1, -0.05) is 6.92 Å². The van der Waals surface area contributed by atoms with E-state index < -0.39 is 0 Å². The van der Waals surface area contributed by atoms with Gasteiger partial charge in [-0.25, -0.2) is 0 Å². The predicted molar refractivity (Wildman–Crippen MR) is 72.3 cm³/mol. The molecular formula is C14H17N3O. The molecule has 0 bridgehead atoms. The Morgan fingerprint density at radius 3 is 3.06 bits per heavy atom. The van der Waals surface area contributed by atoms with Crippen molar-refractivity contribution in [2.75, 3.05) is 12.3 Å². The normalized spacial score (nSPS) is 22.1. The van der Waals surface area contributed by atoms with Gasteiger partial charge in [-0.3, -0.25) is 4.79 Å². The highest BCUT2D eigenvalue weighted by Gasteiger charge is 2.32. The van der Waals surface area contributed by atoms with Crippen LogP contribution < -0.4 is 11.1 Å². The first kappa shape index (κ1) is 11.1. The van der Waals surface area contributed by atoms with E-state index in [1.165, 1.54) is 6.42 Å². The van der Waals surface area contributed by atoms with Crippen LogP contribution in [0.25, 0.3) is 10.9 Å². The number of hydrogen-bond donors (Lipinski definition) is 3. The van der Waals surface area contributed by atoms with E-state index in [0.29, 0.717) is 17.2 Å². The standard InChI is InChI=1S/C14H17N3O/c1-8-4-9(8)6-17-14(18)12-7-16-13-5-10(15)2-3-11(12)13/h2-3,5,7-9,16H,4,6,15H2,1H3,(H,17,18). The molecule has 0 radical (unpaired) electrons. The molecule has 3 rings (SSSR count). The maximum Gasteiger partial charge on any atom is 0.253 e. The molecule has 94 valence electrons. The van der Waals surface area contributed by atoms with Gasteiger partial charge in [0.15, 0.2) is 0 Å². The molecule has 0 aliphatic heterocycles. The van der Waals surface area contributed by atoms with E-state index in [1.807, 2.05) is 18.2 Å². The number of rotatable bonds is 3. The number of carbonyl (C=O) groups is 1. The number of benzene rings is 1. The molecule has 4 nitrogen and oxygen atoms in total. The lowest BCUT2D eigenvalue weighted by Crippen LogP contribution is -2.25. The smallest absolute Gasteiger partial charge is 0.253 e. The molecule has 4 heteroatoms. The molecule has 2 atom stereocenters. The van der Waals surface area contributed by atoms with E-state index in [9.17, 15) is 4.79 Å². The number of aromatic nitrogens is 1. The van der Waals surface area contributed by atoms with Gasteiger partial charge in [-0.2, -0.15) is 0 Å². The first-order valence-corrected chi connectivity index (χ1v) is 6.30. The lowest BCUT2D eigenvalue weighted by atomic mass is 10.1. The molecule has 1 fully saturated rings. The zero-order valence-corrected chi connectivity index (χ0v) is 10.4. The number of nitrogens with two attached hydrogens (primary N) is 1. The van der Waals surface area contributed by atoms with Gasteiger partial charge in [-0.05, 0) is 36.5 Å². The summed E-state index contributed by atoms with van der Waals surface area (Å²) in [7, 11) is 0. The Morgan fingerprint density at radius 1 is 1.56 bits per heavy atom. The molecule has 1 saturated carbocycles. The fourth-order valence-corrected chi connectivity index (χ4v) is 2.33. The van der Waals surface area contributed by atoms with Crippen LogP contribution in [0.1, 0.15) is 23.7 Å². The van der Waals surface area contributed by atoms with Crippen LogP contribution in [-0.4, -0.2) is 17.4 Å². The largest absolute Gasteiger partial charge is 0.399 e. The SMILES string of the molecule is CC1CC1CNC(=O)c1c[nH]c2cc(N)ccc12.